The van der Waals surface area contributed by atoms with Crippen LogP contribution < -0.4 is 5.32 Å². The summed E-state index contributed by atoms with van der Waals surface area (Å²) in [6.45, 7) is 5.74. The summed E-state index contributed by atoms with van der Waals surface area (Å²) in [4.78, 5) is 12.7. The van der Waals surface area contributed by atoms with Gasteiger partial charge in [0.2, 0.25) is 0 Å². The zero-order chi connectivity index (χ0) is 13.1. The van der Waals surface area contributed by atoms with Gasteiger partial charge in [-0.05, 0) is 18.6 Å². The van der Waals surface area contributed by atoms with Crippen LogP contribution in [0.2, 0.25) is 5.02 Å². The molecule has 0 amide bonds. The first-order valence-corrected chi connectivity index (χ1v) is 6.33. The van der Waals surface area contributed by atoms with Gasteiger partial charge in [0.1, 0.15) is 5.02 Å². The number of nitrogens with zero attached hydrogens (tertiary/aromatic N) is 2. The van der Waals surface area contributed by atoms with Gasteiger partial charge in [-0.3, -0.25) is 15.0 Å². The van der Waals surface area contributed by atoms with E-state index < -0.39 is 4.92 Å². The topological polar surface area (TPSA) is 58.4 Å². The first-order chi connectivity index (χ1) is 8.58. The van der Waals surface area contributed by atoms with Gasteiger partial charge >= 0.3 is 0 Å². The van der Waals surface area contributed by atoms with E-state index in [1.807, 2.05) is 6.07 Å². The van der Waals surface area contributed by atoms with Crippen molar-refractivity contribution in [3.63, 3.8) is 0 Å². The highest BCUT2D eigenvalue weighted by atomic mass is 35.5. The molecule has 1 aromatic rings. The smallest absolute Gasteiger partial charge is 0.288 e. The maximum atomic E-state index is 10.8. The van der Waals surface area contributed by atoms with Gasteiger partial charge in [-0.2, -0.15) is 0 Å². The Morgan fingerprint density at radius 1 is 1.58 bits per heavy atom. The summed E-state index contributed by atoms with van der Waals surface area (Å²) in [5.74, 6) is 0. The third-order valence-corrected chi connectivity index (χ3v) is 3.55. The van der Waals surface area contributed by atoms with Gasteiger partial charge in [-0.25, -0.2) is 0 Å². The molecule has 1 aromatic carbocycles. The molecule has 0 aromatic heterocycles. The molecule has 1 saturated heterocycles. The summed E-state index contributed by atoms with van der Waals surface area (Å²) in [5, 5.41) is 14.3. The number of rotatable bonds is 3. The van der Waals surface area contributed by atoms with Crippen molar-refractivity contribution in [1.82, 2.24) is 10.2 Å². The molecule has 0 bridgehead atoms. The minimum Gasteiger partial charge on any atom is -0.314 e. The van der Waals surface area contributed by atoms with Gasteiger partial charge in [-0.15, -0.1) is 12.4 Å². The highest BCUT2D eigenvalue weighted by Crippen LogP contribution is 2.26. The Morgan fingerprint density at radius 2 is 2.32 bits per heavy atom. The van der Waals surface area contributed by atoms with Crippen LogP contribution in [0.4, 0.5) is 5.69 Å². The SMILES string of the molecule is C[C@@H]1CNCCN1Cc1ccc(Cl)c([N+](=O)[O-])c1.Cl. The Balaban J connectivity index is 0.00000180. The van der Waals surface area contributed by atoms with Crippen LogP contribution in [0.15, 0.2) is 18.2 Å². The second kappa shape index (κ2) is 7.05. The quantitative estimate of drug-likeness (QED) is 0.688. The Kier molecular flexibility index (Phi) is 6.00. The number of hydrogen-bond acceptors (Lipinski definition) is 4. The lowest BCUT2D eigenvalue weighted by atomic mass is 10.1. The first-order valence-electron chi connectivity index (χ1n) is 5.95. The molecule has 1 fully saturated rings. The van der Waals surface area contributed by atoms with Gasteiger partial charge < -0.3 is 5.32 Å². The van der Waals surface area contributed by atoms with E-state index in [1.165, 1.54) is 0 Å². The van der Waals surface area contributed by atoms with E-state index in [-0.39, 0.29) is 23.1 Å². The molecule has 0 radical (unpaired) electrons. The van der Waals surface area contributed by atoms with E-state index in [4.69, 9.17) is 11.6 Å². The number of nitrogens with one attached hydrogen (secondary N) is 1. The van der Waals surface area contributed by atoms with E-state index in [9.17, 15) is 10.1 Å². The molecular weight excluding hydrogens is 289 g/mol. The number of benzene rings is 1. The van der Waals surface area contributed by atoms with E-state index in [0.29, 0.717) is 6.04 Å². The van der Waals surface area contributed by atoms with Crippen molar-refractivity contribution in [1.29, 1.82) is 0 Å². The lowest BCUT2D eigenvalue weighted by Crippen LogP contribution is -2.49. The minimum atomic E-state index is -0.437. The van der Waals surface area contributed by atoms with Gasteiger partial charge in [-0.1, -0.05) is 17.7 Å². The number of hydrogen-bond donors (Lipinski definition) is 1. The third kappa shape index (κ3) is 4.04. The summed E-state index contributed by atoms with van der Waals surface area (Å²) >= 11 is 5.80. The zero-order valence-corrected chi connectivity index (χ0v) is 12.2. The molecule has 0 unspecified atom stereocenters. The molecule has 2 rings (SSSR count). The van der Waals surface area contributed by atoms with Crippen molar-refractivity contribution in [2.45, 2.75) is 19.5 Å². The van der Waals surface area contributed by atoms with Crippen molar-refractivity contribution < 1.29 is 4.92 Å². The maximum Gasteiger partial charge on any atom is 0.288 e. The molecular formula is C12H17Cl2N3O2. The van der Waals surface area contributed by atoms with E-state index in [0.717, 1.165) is 31.7 Å². The van der Waals surface area contributed by atoms with Crippen molar-refractivity contribution in [2.24, 2.45) is 0 Å². The fourth-order valence-corrected chi connectivity index (χ4v) is 2.34. The Hall–Kier alpha value is -0.880. The van der Waals surface area contributed by atoms with Crippen molar-refractivity contribution in [3.05, 3.63) is 38.9 Å². The number of halogens is 2. The molecule has 5 nitrogen and oxygen atoms in total. The van der Waals surface area contributed by atoms with Crippen LogP contribution in [0.25, 0.3) is 0 Å². The van der Waals surface area contributed by atoms with Crippen molar-refractivity contribution in [2.75, 3.05) is 19.6 Å². The summed E-state index contributed by atoms with van der Waals surface area (Å²) in [7, 11) is 0. The average Bonchev–Trinajstić information content (AvgIpc) is 2.34. The van der Waals surface area contributed by atoms with E-state index in [1.54, 1.807) is 12.1 Å². The lowest BCUT2D eigenvalue weighted by molar-refractivity contribution is -0.384. The summed E-state index contributed by atoms with van der Waals surface area (Å²) in [6, 6.07) is 5.46. The molecule has 1 atom stereocenters. The van der Waals surface area contributed by atoms with Crippen molar-refractivity contribution in [3.8, 4) is 0 Å². The molecule has 0 aliphatic carbocycles. The maximum absolute atomic E-state index is 10.8. The van der Waals surface area contributed by atoms with Crippen LogP contribution in [-0.4, -0.2) is 35.5 Å². The fraction of sp³-hybridized carbons (Fsp3) is 0.500. The molecule has 1 aliphatic heterocycles. The van der Waals surface area contributed by atoms with Gasteiger partial charge in [0.25, 0.3) is 5.69 Å². The molecule has 19 heavy (non-hydrogen) atoms. The monoisotopic (exact) mass is 305 g/mol. The third-order valence-electron chi connectivity index (χ3n) is 3.23. The van der Waals surface area contributed by atoms with Gasteiger partial charge in [0.05, 0.1) is 4.92 Å². The Bertz CT molecular complexity index is 457. The Labute approximate surface area is 123 Å². The standard InChI is InChI=1S/C12H16ClN3O2.ClH/c1-9-7-14-4-5-15(9)8-10-2-3-11(13)12(6-10)16(17)18;/h2-3,6,9,14H,4-5,7-8H2,1H3;1H/t9-;/m1./s1. The molecule has 7 heteroatoms. The van der Waals surface area contributed by atoms with Crippen LogP contribution >= 0.6 is 24.0 Å². The van der Waals surface area contributed by atoms with Crippen LogP contribution in [0.5, 0.6) is 0 Å². The number of nitro benzene ring substituents is 1. The normalized spacial score (nSPS) is 19.8. The summed E-state index contributed by atoms with van der Waals surface area (Å²) in [5.41, 5.74) is 0.914. The van der Waals surface area contributed by atoms with Crippen LogP contribution in [0.3, 0.4) is 0 Å². The zero-order valence-electron chi connectivity index (χ0n) is 10.6. The second-order valence-corrected chi connectivity index (χ2v) is 4.97. The predicted molar refractivity (Wildman–Crippen MR) is 78.1 cm³/mol. The average molecular weight is 306 g/mol. The van der Waals surface area contributed by atoms with E-state index in [2.05, 4.69) is 17.1 Å². The van der Waals surface area contributed by atoms with Crippen LogP contribution in [-0.2, 0) is 6.54 Å². The summed E-state index contributed by atoms with van der Waals surface area (Å²) < 4.78 is 0. The second-order valence-electron chi connectivity index (χ2n) is 4.57. The lowest BCUT2D eigenvalue weighted by Gasteiger charge is -2.33. The highest BCUT2D eigenvalue weighted by Gasteiger charge is 2.19. The van der Waals surface area contributed by atoms with Crippen LogP contribution in [0, 0.1) is 10.1 Å². The number of nitro groups is 1. The van der Waals surface area contributed by atoms with Crippen molar-refractivity contribution >= 4 is 29.7 Å². The predicted octanol–water partition coefficient (Wildman–Crippen LogP) is 2.46. The molecule has 106 valence electrons. The number of piperazine rings is 1. The largest absolute Gasteiger partial charge is 0.314 e. The van der Waals surface area contributed by atoms with Gasteiger partial charge in [0, 0.05) is 38.3 Å². The van der Waals surface area contributed by atoms with Crippen LogP contribution in [0.1, 0.15) is 12.5 Å². The highest BCUT2D eigenvalue weighted by molar-refractivity contribution is 6.32. The van der Waals surface area contributed by atoms with Gasteiger partial charge in [0.15, 0.2) is 0 Å². The first kappa shape index (κ1) is 16.2. The molecule has 1 aliphatic rings. The summed E-state index contributed by atoms with van der Waals surface area (Å²) in [6.07, 6.45) is 0. The fourth-order valence-electron chi connectivity index (χ4n) is 2.15. The van der Waals surface area contributed by atoms with E-state index >= 15 is 0 Å². The minimum absolute atomic E-state index is 0. The molecule has 1 heterocycles. The molecule has 0 spiro atoms. The molecule has 0 saturated carbocycles. The molecule has 1 N–H and O–H groups in total. The Morgan fingerprint density at radius 3 is 2.95 bits per heavy atom.